The highest BCUT2D eigenvalue weighted by Crippen LogP contribution is 2.35. The van der Waals surface area contributed by atoms with E-state index in [1.807, 2.05) is 0 Å². The quantitative estimate of drug-likeness (QED) is 0.861. The third-order valence-corrected chi connectivity index (χ3v) is 4.81. The summed E-state index contributed by atoms with van der Waals surface area (Å²) in [5.41, 5.74) is 2.19. The first kappa shape index (κ1) is 12.7. The molecule has 2 aliphatic carbocycles. The van der Waals surface area contributed by atoms with Crippen molar-refractivity contribution in [3.8, 4) is 0 Å². The van der Waals surface area contributed by atoms with Gasteiger partial charge >= 0.3 is 5.97 Å². The smallest absolute Gasteiger partial charge is 0.306 e. The molecule has 0 radical (unpaired) electrons. The fraction of sp³-hybridized carbons (Fsp3) is 0.733. The number of carbonyl (C=O) groups is 1. The van der Waals surface area contributed by atoms with E-state index in [9.17, 15) is 4.79 Å². The summed E-state index contributed by atoms with van der Waals surface area (Å²) in [6.45, 7) is 2.32. The van der Waals surface area contributed by atoms with Crippen molar-refractivity contribution in [3.63, 3.8) is 0 Å². The lowest BCUT2D eigenvalue weighted by Crippen LogP contribution is -2.22. The normalized spacial score (nSPS) is 30.9. The number of nitrogens with one attached hydrogen (secondary N) is 1. The Bertz CT molecular complexity index is 472. The van der Waals surface area contributed by atoms with Gasteiger partial charge in [0.2, 0.25) is 0 Å². The van der Waals surface area contributed by atoms with Gasteiger partial charge in [-0.3, -0.25) is 4.79 Å². The summed E-state index contributed by atoms with van der Waals surface area (Å²) < 4.78 is 0. The van der Waals surface area contributed by atoms with Crippen LogP contribution in [0.2, 0.25) is 0 Å². The van der Waals surface area contributed by atoms with E-state index in [1.54, 1.807) is 0 Å². The number of rotatable bonds is 2. The van der Waals surface area contributed by atoms with Crippen LogP contribution in [-0.4, -0.2) is 21.0 Å². The lowest BCUT2D eigenvalue weighted by Gasteiger charge is -2.24. The molecule has 0 amide bonds. The van der Waals surface area contributed by atoms with Crippen molar-refractivity contribution in [3.05, 3.63) is 17.2 Å². The lowest BCUT2D eigenvalue weighted by molar-refractivity contribution is -0.142. The lowest BCUT2D eigenvalue weighted by atomic mass is 9.83. The van der Waals surface area contributed by atoms with Crippen LogP contribution < -0.4 is 0 Å². The third-order valence-electron chi connectivity index (χ3n) is 4.81. The van der Waals surface area contributed by atoms with Gasteiger partial charge in [0.05, 0.1) is 11.6 Å². The fourth-order valence-corrected chi connectivity index (χ4v) is 3.44. The first-order valence-electron chi connectivity index (χ1n) is 7.44. The molecule has 104 valence electrons. The molecule has 1 saturated carbocycles. The summed E-state index contributed by atoms with van der Waals surface area (Å²) in [5.74, 6) is 1.62. The molecule has 1 heterocycles. The van der Waals surface area contributed by atoms with Crippen molar-refractivity contribution in [2.75, 3.05) is 0 Å². The molecule has 2 aliphatic rings. The van der Waals surface area contributed by atoms with Crippen molar-refractivity contribution < 1.29 is 9.90 Å². The maximum atomic E-state index is 11.1. The number of aromatic amines is 1. The second kappa shape index (κ2) is 4.99. The molecule has 0 bridgehead atoms. The number of H-pyrrole nitrogens is 1. The van der Waals surface area contributed by atoms with Crippen LogP contribution in [0.3, 0.4) is 0 Å². The first-order chi connectivity index (χ1) is 9.13. The van der Waals surface area contributed by atoms with Gasteiger partial charge in [-0.2, -0.15) is 0 Å². The summed E-state index contributed by atoms with van der Waals surface area (Å²) in [4.78, 5) is 19.2. The molecule has 1 fully saturated rings. The zero-order chi connectivity index (χ0) is 13.4. The van der Waals surface area contributed by atoms with Crippen LogP contribution in [0.4, 0.5) is 0 Å². The highest BCUT2D eigenvalue weighted by atomic mass is 16.4. The zero-order valence-corrected chi connectivity index (χ0v) is 11.5. The summed E-state index contributed by atoms with van der Waals surface area (Å²) in [6.07, 6.45) is 7.18. The number of hydrogen-bond acceptors (Lipinski definition) is 2. The van der Waals surface area contributed by atoms with Crippen LogP contribution >= 0.6 is 0 Å². The maximum absolute atomic E-state index is 11.1. The summed E-state index contributed by atoms with van der Waals surface area (Å²) in [6, 6.07) is 0. The topological polar surface area (TPSA) is 66.0 Å². The molecule has 2 N–H and O–H groups in total. The summed E-state index contributed by atoms with van der Waals surface area (Å²) in [5, 5.41) is 9.11. The molecule has 0 aromatic carbocycles. The number of imidazole rings is 1. The number of hydrogen-bond donors (Lipinski definition) is 2. The van der Waals surface area contributed by atoms with Crippen molar-refractivity contribution in [1.29, 1.82) is 0 Å². The van der Waals surface area contributed by atoms with Crippen molar-refractivity contribution >= 4 is 5.97 Å². The molecule has 4 nitrogen and oxygen atoms in total. The van der Waals surface area contributed by atoms with Crippen LogP contribution in [0.5, 0.6) is 0 Å². The molecule has 1 unspecified atom stereocenters. The summed E-state index contributed by atoms with van der Waals surface area (Å²) >= 11 is 0. The molecule has 1 atom stereocenters. The third kappa shape index (κ3) is 2.53. The average molecular weight is 262 g/mol. The molecule has 0 spiro atoms. The van der Waals surface area contributed by atoms with Gasteiger partial charge in [0, 0.05) is 18.0 Å². The van der Waals surface area contributed by atoms with Gasteiger partial charge in [0.1, 0.15) is 5.82 Å². The second-order valence-corrected chi connectivity index (χ2v) is 6.28. The van der Waals surface area contributed by atoms with E-state index in [0.717, 1.165) is 36.0 Å². The Morgan fingerprint density at radius 2 is 2.00 bits per heavy atom. The zero-order valence-electron chi connectivity index (χ0n) is 11.5. The monoisotopic (exact) mass is 262 g/mol. The van der Waals surface area contributed by atoms with Gasteiger partial charge in [-0.05, 0) is 31.6 Å². The standard InChI is InChI=1S/C15H22N2O2/c1-9-2-4-10(5-3-9)14-16-12-7-6-11(15(18)19)8-13(12)17-14/h9-11H,2-8H2,1H3,(H,16,17)(H,18,19). The van der Waals surface area contributed by atoms with E-state index in [0.29, 0.717) is 12.3 Å². The fourth-order valence-electron chi connectivity index (χ4n) is 3.44. The number of nitrogens with zero attached hydrogens (tertiary/aromatic N) is 1. The molecule has 0 saturated heterocycles. The number of aliphatic carboxylic acids is 1. The Balaban J connectivity index is 1.74. The van der Waals surface area contributed by atoms with E-state index in [1.165, 1.54) is 25.7 Å². The van der Waals surface area contributed by atoms with Crippen molar-refractivity contribution in [1.82, 2.24) is 9.97 Å². The van der Waals surface area contributed by atoms with Crippen LogP contribution in [0, 0.1) is 11.8 Å². The Kier molecular flexibility index (Phi) is 3.33. The van der Waals surface area contributed by atoms with Crippen LogP contribution in [0.15, 0.2) is 0 Å². The van der Waals surface area contributed by atoms with Crippen molar-refractivity contribution in [2.45, 2.75) is 57.8 Å². The van der Waals surface area contributed by atoms with Gasteiger partial charge in [-0.25, -0.2) is 4.98 Å². The second-order valence-electron chi connectivity index (χ2n) is 6.28. The molecular formula is C15H22N2O2. The molecule has 3 rings (SSSR count). The highest BCUT2D eigenvalue weighted by molar-refractivity contribution is 5.70. The van der Waals surface area contributed by atoms with Crippen LogP contribution in [0.1, 0.15) is 62.2 Å². The van der Waals surface area contributed by atoms with E-state index < -0.39 is 5.97 Å². The average Bonchev–Trinajstić information content (AvgIpc) is 2.82. The van der Waals surface area contributed by atoms with Crippen LogP contribution in [0.25, 0.3) is 0 Å². The largest absolute Gasteiger partial charge is 0.481 e. The predicted molar refractivity (Wildman–Crippen MR) is 72.1 cm³/mol. The number of carboxylic acid groups (broad SMARTS) is 1. The van der Waals surface area contributed by atoms with E-state index in [4.69, 9.17) is 10.1 Å². The Hall–Kier alpha value is -1.32. The highest BCUT2D eigenvalue weighted by Gasteiger charge is 2.29. The van der Waals surface area contributed by atoms with Crippen LogP contribution in [-0.2, 0) is 17.6 Å². The molecular weight excluding hydrogens is 240 g/mol. The van der Waals surface area contributed by atoms with Gasteiger partial charge in [0.15, 0.2) is 0 Å². The molecule has 0 aliphatic heterocycles. The minimum Gasteiger partial charge on any atom is -0.481 e. The minimum absolute atomic E-state index is 0.229. The Labute approximate surface area is 113 Å². The van der Waals surface area contributed by atoms with Gasteiger partial charge < -0.3 is 10.1 Å². The molecule has 19 heavy (non-hydrogen) atoms. The van der Waals surface area contributed by atoms with Gasteiger partial charge in [0.25, 0.3) is 0 Å². The number of carboxylic acids is 1. The minimum atomic E-state index is -0.673. The Morgan fingerprint density at radius 3 is 2.68 bits per heavy atom. The SMILES string of the molecule is CC1CCC(c2nc3c([nH]2)CC(C(=O)O)CC3)CC1. The summed E-state index contributed by atoms with van der Waals surface area (Å²) in [7, 11) is 0. The van der Waals surface area contributed by atoms with Gasteiger partial charge in [-0.1, -0.05) is 19.8 Å². The van der Waals surface area contributed by atoms with E-state index >= 15 is 0 Å². The number of fused-ring (bicyclic) bond motifs is 1. The van der Waals surface area contributed by atoms with E-state index in [-0.39, 0.29) is 5.92 Å². The Morgan fingerprint density at radius 1 is 1.26 bits per heavy atom. The molecule has 1 aromatic rings. The van der Waals surface area contributed by atoms with Gasteiger partial charge in [-0.15, -0.1) is 0 Å². The predicted octanol–water partition coefficient (Wildman–Crippen LogP) is 2.89. The maximum Gasteiger partial charge on any atom is 0.306 e. The van der Waals surface area contributed by atoms with E-state index in [2.05, 4.69) is 11.9 Å². The first-order valence-corrected chi connectivity index (χ1v) is 7.44. The number of aryl methyl sites for hydroxylation is 1. The molecule has 4 heteroatoms. The molecule has 1 aromatic heterocycles. The number of aromatic nitrogens is 2. The van der Waals surface area contributed by atoms with Crippen molar-refractivity contribution in [2.24, 2.45) is 11.8 Å².